The normalized spacial score (nSPS) is 15.5. The second-order valence-corrected chi connectivity index (χ2v) is 6.90. The van der Waals surface area contributed by atoms with Crippen LogP contribution < -0.4 is 16.6 Å². The van der Waals surface area contributed by atoms with Gasteiger partial charge >= 0.3 is 5.69 Å². The van der Waals surface area contributed by atoms with Gasteiger partial charge in [0.25, 0.3) is 11.5 Å². The number of hydrogen-bond acceptors (Lipinski definition) is 4. The molecule has 138 valence electrons. The van der Waals surface area contributed by atoms with E-state index in [-0.39, 0.29) is 11.7 Å². The van der Waals surface area contributed by atoms with Crippen LogP contribution in [0.15, 0.2) is 33.9 Å². The number of benzene rings is 1. The molecule has 0 bridgehead atoms. The summed E-state index contributed by atoms with van der Waals surface area (Å²) in [5, 5.41) is 7.00. The van der Waals surface area contributed by atoms with Crippen LogP contribution in [0.4, 0.5) is 0 Å². The maximum atomic E-state index is 12.6. The predicted molar refractivity (Wildman–Crippen MR) is 98.8 cm³/mol. The largest absolute Gasteiger partial charge is 0.351 e. The Balaban J connectivity index is 1.96. The van der Waals surface area contributed by atoms with E-state index in [1.807, 2.05) is 19.1 Å². The van der Waals surface area contributed by atoms with E-state index in [4.69, 9.17) is 0 Å². The van der Waals surface area contributed by atoms with Gasteiger partial charge in [0.05, 0.1) is 5.69 Å². The van der Waals surface area contributed by atoms with Crippen LogP contribution in [-0.2, 0) is 7.05 Å². The van der Waals surface area contributed by atoms with E-state index in [0.717, 1.165) is 40.5 Å². The molecule has 0 radical (unpaired) electrons. The van der Waals surface area contributed by atoms with Crippen molar-refractivity contribution in [2.75, 3.05) is 0 Å². The highest BCUT2D eigenvalue weighted by molar-refractivity contribution is 5.92. The fraction of sp³-hybridized carbons (Fsp3) is 0.474. The summed E-state index contributed by atoms with van der Waals surface area (Å²) >= 11 is 0. The summed E-state index contributed by atoms with van der Waals surface area (Å²) in [4.78, 5) is 37.5. The van der Waals surface area contributed by atoms with Crippen LogP contribution in [0, 0.1) is 6.92 Å². The van der Waals surface area contributed by atoms with Gasteiger partial charge in [-0.15, -0.1) is 0 Å². The van der Waals surface area contributed by atoms with Crippen molar-refractivity contribution in [2.45, 2.75) is 51.5 Å². The lowest BCUT2D eigenvalue weighted by molar-refractivity contribution is 0.0923. The first-order valence-electron chi connectivity index (χ1n) is 9.05. The van der Waals surface area contributed by atoms with Crippen molar-refractivity contribution in [1.29, 1.82) is 0 Å². The molecule has 1 heterocycles. The molecule has 1 amide bonds. The summed E-state index contributed by atoms with van der Waals surface area (Å²) in [5.74, 6) is -0.515. The minimum absolute atomic E-state index is 0.0521. The number of nitrogens with one attached hydrogen (secondary N) is 1. The third-order valence-electron chi connectivity index (χ3n) is 4.86. The van der Waals surface area contributed by atoms with Gasteiger partial charge in [0, 0.05) is 13.1 Å². The summed E-state index contributed by atoms with van der Waals surface area (Å²) < 4.78 is 2.03. The van der Waals surface area contributed by atoms with Gasteiger partial charge in [-0.05, 0) is 31.9 Å². The third-order valence-corrected chi connectivity index (χ3v) is 4.86. The summed E-state index contributed by atoms with van der Waals surface area (Å²) in [6.45, 7) is 1.94. The zero-order chi connectivity index (χ0) is 18.7. The quantitative estimate of drug-likeness (QED) is 0.848. The second-order valence-electron chi connectivity index (χ2n) is 6.90. The molecule has 7 nitrogen and oxygen atoms in total. The van der Waals surface area contributed by atoms with Crippen molar-refractivity contribution in [3.8, 4) is 5.69 Å². The molecule has 0 spiro atoms. The van der Waals surface area contributed by atoms with E-state index in [1.54, 1.807) is 12.1 Å². The number of hydrogen-bond donors (Lipinski definition) is 1. The average molecular weight is 356 g/mol. The predicted octanol–water partition coefficient (Wildman–Crippen LogP) is 1.69. The monoisotopic (exact) mass is 356 g/mol. The molecule has 1 aliphatic rings. The number of nitrogens with zero attached hydrogens (tertiary/aromatic N) is 3. The van der Waals surface area contributed by atoms with E-state index in [2.05, 4.69) is 10.4 Å². The molecule has 0 aliphatic heterocycles. The molecular weight excluding hydrogens is 332 g/mol. The smallest absolute Gasteiger partial charge is 0.348 e. The summed E-state index contributed by atoms with van der Waals surface area (Å²) in [6.07, 6.45) is 6.29. The Bertz CT molecular complexity index is 904. The third kappa shape index (κ3) is 3.76. The van der Waals surface area contributed by atoms with E-state index in [9.17, 15) is 14.4 Å². The van der Waals surface area contributed by atoms with Gasteiger partial charge in [0.2, 0.25) is 5.69 Å². The maximum absolute atomic E-state index is 12.6. The molecule has 0 saturated heterocycles. The molecule has 3 rings (SSSR count). The summed E-state index contributed by atoms with van der Waals surface area (Å²) in [6, 6.07) is 7.22. The van der Waals surface area contributed by atoms with Crippen LogP contribution >= 0.6 is 0 Å². The summed E-state index contributed by atoms with van der Waals surface area (Å²) in [5.41, 5.74) is 0.0453. The van der Waals surface area contributed by atoms with E-state index in [0.29, 0.717) is 5.69 Å². The Kier molecular flexibility index (Phi) is 5.35. The maximum Gasteiger partial charge on any atom is 0.351 e. The molecule has 1 aliphatic carbocycles. The van der Waals surface area contributed by atoms with Crippen LogP contribution in [0.25, 0.3) is 5.69 Å². The fourth-order valence-corrected chi connectivity index (χ4v) is 3.25. The molecular formula is C19H24N4O3. The lowest BCUT2D eigenvalue weighted by Crippen LogP contribution is -2.46. The molecule has 26 heavy (non-hydrogen) atoms. The summed E-state index contributed by atoms with van der Waals surface area (Å²) in [7, 11) is 1.36. The van der Waals surface area contributed by atoms with Crippen LogP contribution in [0.5, 0.6) is 0 Å². The number of carbonyl (C=O) groups excluding carboxylic acids is 1. The Morgan fingerprint density at radius 3 is 2.31 bits per heavy atom. The highest BCUT2D eigenvalue weighted by Gasteiger charge is 2.22. The second kappa shape index (κ2) is 7.68. The Labute approximate surface area is 151 Å². The first-order chi connectivity index (χ1) is 12.5. The average Bonchev–Trinajstić information content (AvgIpc) is 2.89. The number of aryl methyl sites for hydroxylation is 1. The highest BCUT2D eigenvalue weighted by atomic mass is 16.2. The van der Waals surface area contributed by atoms with E-state index < -0.39 is 17.2 Å². The van der Waals surface area contributed by atoms with Crippen molar-refractivity contribution < 1.29 is 4.79 Å². The van der Waals surface area contributed by atoms with Gasteiger partial charge < -0.3 is 5.32 Å². The van der Waals surface area contributed by atoms with Gasteiger partial charge in [-0.2, -0.15) is 9.78 Å². The standard InChI is InChI=1S/C19H24N4O3/c1-13-9-11-15(12-10-13)23-19(26)22(2)18(25)16(21-23)17(24)20-14-7-5-3-4-6-8-14/h9-12,14H,3-8H2,1-2H3,(H,20,24). The van der Waals surface area contributed by atoms with Crippen LogP contribution in [-0.4, -0.2) is 26.3 Å². The van der Waals surface area contributed by atoms with Crippen molar-refractivity contribution >= 4 is 5.91 Å². The van der Waals surface area contributed by atoms with Gasteiger partial charge in [0.1, 0.15) is 0 Å². The lowest BCUT2D eigenvalue weighted by Gasteiger charge is -2.16. The number of carbonyl (C=O) groups is 1. The molecule has 1 N–H and O–H groups in total. The molecule has 0 unspecified atom stereocenters. The topological polar surface area (TPSA) is 86.0 Å². The minimum atomic E-state index is -0.676. The van der Waals surface area contributed by atoms with Crippen LogP contribution in [0.3, 0.4) is 0 Å². The Morgan fingerprint density at radius 2 is 1.69 bits per heavy atom. The van der Waals surface area contributed by atoms with E-state index in [1.165, 1.54) is 19.9 Å². The highest BCUT2D eigenvalue weighted by Crippen LogP contribution is 2.17. The number of rotatable bonds is 3. The van der Waals surface area contributed by atoms with Gasteiger partial charge in [-0.1, -0.05) is 43.4 Å². The van der Waals surface area contributed by atoms with Gasteiger partial charge in [-0.25, -0.2) is 4.79 Å². The first-order valence-corrected chi connectivity index (χ1v) is 9.05. The number of amides is 1. The molecule has 1 aromatic carbocycles. The van der Waals surface area contributed by atoms with Crippen molar-refractivity contribution in [3.05, 3.63) is 56.4 Å². The van der Waals surface area contributed by atoms with Crippen molar-refractivity contribution in [3.63, 3.8) is 0 Å². The minimum Gasteiger partial charge on any atom is -0.348 e. The fourth-order valence-electron chi connectivity index (χ4n) is 3.25. The zero-order valence-electron chi connectivity index (χ0n) is 15.2. The van der Waals surface area contributed by atoms with Crippen molar-refractivity contribution in [1.82, 2.24) is 19.7 Å². The van der Waals surface area contributed by atoms with Crippen molar-refractivity contribution in [2.24, 2.45) is 7.05 Å². The van der Waals surface area contributed by atoms with Gasteiger partial charge in [0.15, 0.2) is 0 Å². The Morgan fingerprint density at radius 1 is 1.08 bits per heavy atom. The van der Waals surface area contributed by atoms with Gasteiger partial charge in [-0.3, -0.25) is 14.2 Å². The Hall–Kier alpha value is -2.70. The molecule has 0 atom stereocenters. The first kappa shape index (κ1) is 18.1. The van der Waals surface area contributed by atoms with Crippen LogP contribution in [0.1, 0.15) is 54.6 Å². The lowest BCUT2D eigenvalue weighted by atomic mass is 10.1. The molecule has 1 fully saturated rings. The SMILES string of the molecule is Cc1ccc(-n2nc(C(=O)NC3CCCCCC3)c(=O)n(C)c2=O)cc1. The molecule has 7 heteroatoms. The number of aromatic nitrogens is 3. The molecule has 1 saturated carbocycles. The zero-order valence-corrected chi connectivity index (χ0v) is 15.2. The molecule has 2 aromatic rings. The van der Waals surface area contributed by atoms with Crippen LogP contribution in [0.2, 0.25) is 0 Å². The molecule has 1 aromatic heterocycles. The van der Waals surface area contributed by atoms with E-state index >= 15 is 0 Å².